The van der Waals surface area contributed by atoms with Crippen LogP contribution in [0.15, 0.2) is 52.5 Å². The van der Waals surface area contributed by atoms with E-state index < -0.39 is 0 Å². The molecular formula is C21H29N. The molecule has 0 atom stereocenters. The van der Waals surface area contributed by atoms with E-state index in [1.807, 2.05) is 0 Å². The Morgan fingerprint density at radius 1 is 1.09 bits per heavy atom. The highest BCUT2D eigenvalue weighted by molar-refractivity contribution is 5.86. The van der Waals surface area contributed by atoms with Crippen LogP contribution in [0.4, 0.5) is 0 Å². The molecule has 0 bridgehead atoms. The summed E-state index contributed by atoms with van der Waals surface area (Å²) in [4.78, 5) is 4.82. The second-order valence-electron chi connectivity index (χ2n) is 6.53. The van der Waals surface area contributed by atoms with Crippen LogP contribution in [-0.2, 0) is 0 Å². The minimum Gasteiger partial charge on any atom is -0.258 e. The predicted octanol–water partition coefficient (Wildman–Crippen LogP) is 6.43. The largest absolute Gasteiger partial charge is 0.258 e. The Labute approximate surface area is 135 Å². The summed E-state index contributed by atoms with van der Waals surface area (Å²) in [6, 6.07) is 10.6. The summed E-state index contributed by atoms with van der Waals surface area (Å²) in [5.74, 6) is 0.728. The Morgan fingerprint density at radius 3 is 2.27 bits per heavy atom. The molecule has 0 amide bonds. The zero-order valence-corrected chi connectivity index (χ0v) is 14.5. The zero-order chi connectivity index (χ0) is 15.9. The van der Waals surface area contributed by atoms with Gasteiger partial charge in [0, 0.05) is 11.3 Å². The molecule has 118 valence electrons. The molecule has 0 N–H and O–H groups in total. The van der Waals surface area contributed by atoms with Crippen molar-refractivity contribution in [3.8, 4) is 0 Å². The van der Waals surface area contributed by atoms with Crippen molar-refractivity contribution >= 4 is 11.4 Å². The minimum atomic E-state index is 0.728. The first kappa shape index (κ1) is 16.7. The molecule has 1 heteroatoms. The van der Waals surface area contributed by atoms with E-state index in [2.05, 4.69) is 64.1 Å². The van der Waals surface area contributed by atoms with Gasteiger partial charge in [0.25, 0.3) is 0 Å². The Bertz CT molecular complexity index is 565. The molecule has 0 radical (unpaired) electrons. The van der Waals surface area contributed by atoms with Crippen molar-refractivity contribution in [2.75, 3.05) is 0 Å². The summed E-state index contributed by atoms with van der Waals surface area (Å²) < 4.78 is 0. The molecular weight excluding hydrogens is 266 g/mol. The van der Waals surface area contributed by atoms with Crippen molar-refractivity contribution in [2.24, 2.45) is 10.9 Å². The average Bonchev–Trinajstić information content (AvgIpc) is 3.05. The first-order chi connectivity index (χ1) is 10.6. The molecule has 1 aliphatic rings. The number of allylic oxidation sites excluding steroid dienone is 3. The fourth-order valence-corrected chi connectivity index (χ4v) is 3.21. The summed E-state index contributed by atoms with van der Waals surface area (Å²) in [6.45, 7) is 8.69. The van der Waals surface area contributed by atoms with E-state index in [-0.39, 0.29) is 0 Å². The molecule has 1 saturated carbocycles. The molecule has 0 saturated heterocycles. The fourth-order valence-electron chi connectivity index (χ4n) is 3.21. The van der Waals surface area contributed by atoms with Crippen LogP contribution in [0, 0.1) is 5.92 Å². The van der Waals surface area contributed by atoms with Crippen molar-refractivity contribution in [3.63, 3.8) is 0 Å². The molecule has 22 heavy (non-hydrogen) atoms. The Balaban J connectivity index is 2.47. The Hall–Kier alpha value is -1.63. The standard InChI is InChI=1S/C21H29N/c1-5-17(4)20(18-11-9-10-12-18)15-21(22-16(2)3)19-13-7-6-8-14-19/h6-8,13-15,18H,5,9-12H2,1-4H3/b20-17-,21-15-. The summed E-state index contributed by atoms with van der Waals surface area (Å²) in [6.07, 6.45) is 8.89. The van der Waals surface area contributed by atoms with Gasteiger partial charge in [0.15, 0.2) is 0 Å². The normalized spacial score (nSPS) is 17.4. The van der Waals surface area contributed by atoms with Gasteiger partial charge in [-0.15, -0.1) is 0 Å². The summed E-state index contributed by atoms with van der Waals surface area (Å²) in [7, 11) is 0. The third-order valence-corrected chi connectivity index (χ3v) is 4.52. The molecule has 0 aromatic heterocycles. The highest BCUT2D eigenvalue weighted by Gasteiger charge is 2.20. The van der Waals surface area contributed by atoms with Crippen LogP contribution < -0.4 is 0 Å². The van der Waals surface area contributed by atoms with Crippen LogP contribution in [-0.4, -0.2) is 5.71 Å². The van der Waals surface area contributed by atoms with Gasteiger partial charge >= 0.3 is 0 Å². The van der Waals surface area contributed by atoms with Crippen LogP contribution in [0.2, 0.25) is 0 Å². The van der Waals surface area contributed by atoms with E-state index in [4.69, 9.17) is 4.99 Å². The number of benzene rings is 1. The van der Waals surface area contributed by atoms with E-state index in [1.165, 1.54) is 42.4 Å². The van der Waals surface area contributed by atoms with Gasteiger partial charge in [-0.25, -0.2) is 0 Å². The molecule has 0 heterocycles. The number of hydrogen-bond donors (Lipinski definition) is 0. The molecule has 1 aliphatic carbocycles. The van der Waals surface area contributed by atoms with Crippen molar-refractivity contribution in [2.45, 2.75) is 59.8 Å². The molecule has 1 nitrogen and oxygen atoms in total. The van der Waals surface area contributed by atoms with Crippen molar-refractivity contribution in [1.29, 1.82) is 0 Å². The van der Waals surface area contributed by atoms with E-state index >= 15 is 0 Å². The van der Waals surface area contributed by atoms with Crippen LogP contribution in [0.3, 0.4) is 0 Å². The second kappa shape index (κ2) is 8.12. The van der Waals surface area contributed by atoms with Crippen LogP contribution in [0.25, 0.3) is 5.70 Å². The topological polar surface area (TPSA) is 12.4 Å². The van der Waals surface area contributed by atoms with Gasteiger partial charge in [0.05, 0.1) is 5.70 Å². The van der Waals surface area contributed by atoms with Gasteiger partial charge < -0.3 is 0 Å². The average molecular weight is 295 g/mol. The van der Waals surface area contributed by atoms with Gasteiger partial charge in [-0.2, -0.15) is 0 Å². The first-order valence-corrected chi connectivity index (χ1v) is 8.60. The summed E-state index contributed by atoms with van der Waals surface area (Å²) >= 11 is 0. The van der Waals surface area contributed by atoms with Crippen LogP contribution >= 0.6 is 0 Å². The smallest absolute Gasteiger partial charge is 0.0703 e. The highest BCUT2D eigenvalue weighted by Crippen LogP contribution is 2.35. The predicted molar refractivity (Wildman–Crippen MR) is 98.2 cm³/mol. The quantitative estimate of drug-likeness (QED) is 0.438. The monoisotopic (exact) mass is 295 g/mol. The summed E-state index contributed by atoms with van der Waals surface area (Å²) in [5, 5.41) is 0. The zero-order valence-electron chi connectivity index (χ0n) is 14.5. The molecule has 1 aromatic rings. The van der Waals surface area contributed by atoms with Gasteiger partial charge in [-0.05, 0) is 57.6 Å². The molecule has 1 fully saturated rings. The van der Waals surface area contributed by atoms with Crippen molar-refractivity contribution < 1.29 is 0 Å². The maximum atomic E-state index is 4.82. The van der Waals surface area contributed by atoms with Crippen LogP contribution in [0.5, 0.6) is 0 Å². The second-order valence-corrected chi connectivity index (χ2v) is 6.53. The number of rotatable bonds is 5. The van der Waals surface area contributed by atoms with Gasteiger partial charge in [-0.3, -0.25) is 4.99 Å². The molecule has 1 aromatic carbocycles. The Morgan fingerprint density at radius 2 is 1.73 bits per heavy atom. The van der Waals surface area contributed by atoms with Crippen molar-refractivity contribution in [1.82, 2.24) is 0 Å². The first-order valence-electron chi connectivity index (χ1n) is 8.60. The van der Waals surface area contributed by atoms with E-state index in [0.29, 0.717) is 0 Å². The Kier molecular flexibility index (Phi) is 6.18. The third kappa shape index (κ3) is 4.43. The number of nitrogens with zero attached hydrogens (tertiary/aromatic N) is 1. The van der Waals surface area contributed by atoms with E-state index in [9.17, 15) is 0 Å². The lowest BCUT2D eigenvalue weighted by atomic mass is 9.90. The van der Waals surface area contributed by atoms with Gasteiger partial charge in [0.2, 0.25) is 0 Å². The lowest BCUT2D eigenvalue weighted by Crippen LogP contribution is -2.01. The SMILES string of the molecule is CC/C(C)=C(/C=C(\N=C(C)C)c1ccccc1)C1CCCC1. The highest BCUT2D eigenvalue weighted by atomic mass is 14.7. The van der Waals surface area contributed by atoms with Crippen molar-refractivity contribution in [3.05, 3.63) is 53.1 Å². The molecule has 2 rings (SSSR count). The number of aliphatic imine (C=N–C) groups is 1. The van der Waals surface area contributed by atoms with Gasteiger partial charge in [0.1, 0.15) is 0 Å². The third-order valence-electron chi connectivity index (χ3n) is 4.52. The molecule has 0 aliphatic heterocycles. The maximum absolute atomic E-state index is 4.82. The van der Waals surface area contributed by atoms with Crippen LogP contribution in [0.1, 0.15) is 65.4 Å². The summed E-state index contributed by atoms with van der Waals surface area (Å²) in [5.41, 5.74) is 6.47. The minimum absolute atomic E-state index is 0.728. The lowest BCUT2D eigenvalue weighted by molar-refractivity contribution is 0.647. The number of hydrogen-bond acceptors (Lipinski definition) is 1. The molecule has 0 unspecified atom stereocenters. The molecule has 0 spiro atoms. The van der Waals surface area contributed by atoms with E-state index in [1.54, 1.807) is 0 Å². The maximum Gasteiger partial charge on any atom is 0.0703 e. The van der Waals surface area contributed by atoms with E-state index in [0.717, 1.165) is 23.7 Å². The lowest BCUT2D eigenvalue weighted by Gasteiger charge is -2.16. The fraction of sp³-hybridized carbons (Fsp3) is 0.476. The van der Waals surface area contributed by atoms with Gasteiger partial charge in [-0.1, -0.05) is 55.7 Å².